The second-order valence-corrected chi connectivity index (χ2v) is 8.36. The Hall–Kier alpha value is -3.09. The molecular formula is C27H29FN3O2. The number of amides is 1. The van der Waals surface area contributed by atoms with Crippen molar-refractivity contribution in [2.75, 3.05) is 18.5 Å². The summed E-state index contributed by atoms with van der Waals surface area (Å²) in [6, 6.07) is 18.7. The fraction of sp³-hybridized carbons (Fsp3) is 0.296. The second-order valence-electron chi connectivity index (χ2n) is 8.36. The molecule has 3 atom stereocenters. The molecule has 171 valence electrons. The molecule has 1 aliphatic heterocycles. The summed E-state index contributed by atoms with van der Waals surface area (Å²) < 4.78 is 20.5. The summed E-state index contributed by atoms with van der Waals surface area (Å²) in [6.45, 7) is 5.16. The summed E-state index contributed by atoms with van der Waals surface area (Å²) in [7, 11) is 0. The van der Waals surface area contributed by atoms with Crippen molar-refractivity contribution in [3.05, 3.63) is 102 Å². The van der Waals surface area contributed by atoms with Gasteiger partial charge in [0.15, 0.2) is 0 Å². The van der Waals surface area contributed by atoms with E-state index in [1.165, 1.54) is 6.07 Å². The fourth-order valence-electron chi connectivity index (χ4n) is 4.18. The van der Waals surface area contributed by atoms with E-state index in [0.717, 1.165) is 11.1 Å². The van der Waals surface area contributed by atoms with Crippen LogP contribution in [-0.4, -0.2) is 36.2 Å². The van der Waals surface area contributed by atoms with Crippen molar-refractivity contribution in [3.8, 4) is 0 Å². The summed E-state index contributed by atoms with van der Waals surface area (Å²) in [5, 5.41) is 6.23. The SMILES string of the molecule is [CH2][C@H]1CO[C@H](CCc2c(F)cccc2NC(=O)C[C@H](c2ccccc2)c2ccncc2)CN1. The maximum Gasteiger partial charge on any atom is 0.225 e. The highest BCUT2D eigenvalue weighted by Gasteiger charge is 2.21. The summed E-state index contributed by atoms with van der Waals surface area (Å²) in [5.74, 6) is -0.605. The van der Waals surface area contributed by atoms with Crippen molar-refractivity contribution >= 4 is 11.6 Å². The zero-order chi connectivity index (χ0) is 23.0. The lowest BCUT2D eigenvalue weighted by molar-refractivity contribution is -0.116. The Kier molecular flexibility index (Phi) is 7.81. The zero-order valence-electron chi connectivity index (χ0n) is 18.5. The van der Waals surface area contributed by atoms with E-state index in [-0.39, 0.29) is 36.2 Å². The molecule has 5 nitrogen and oxygen atoms in total. The maximum atomic E-state index is 14.7. The first-order chi connectivity index (χ1) is 16.1. The third-order valence-corrected chi connectivity index (χ3v) is 5.98. The second kappa shape index (κ2) is 11.2. The molecule has 1 aliphatic rings. The molecule has 0 unspecified atom stereocenters. The molecule has 4 rings (SSSR count). The lowest BCUT2D eigenvalue weighted by Crippen LogP contribution is -2.45. The first-order valence-corrected chi connectivity index (χ1v) is 11.3. The third-order valence-electron chi connectivity index (χ3n) is 5.98. The number of hydrogen-bond donors (Lipinski definition) is 2. The Morgan fingerprint density at radius 1 is 1.12 bits per heavy atom. The number of pyridine rings is 1. The minimum Gasteiger partial charge on any atom is -0.375 e. The van der Waals surface area contributed by atoms with Crippen molar-refractivity contribution in [2.45, 2.75) is 37.3 Å². The van der Waals surface area contributed by atoms with Gasteiger partial charge in [-0.1, -0.05) is 36.4 Å². The molecule has 6 heteroatoms. The van der Waals surface area contributed by atoms with Crippen LogP contribution in [0.3, 0.4) is 0 Å². The van der Waals surface area contributed by atoms with Crippen LogP contribution in [0, 0.1) is 12.7 Å². The largest absolute Gasteiger partial charge is 0.375 e. The number of morpholine rings is 1. The van der Waals surface area contributed by atoms with Crippen LogP contribution in [-0.2, 0) is 16.0 Å². The van der Waals surface area contributed by atoms with Crippen LogP contribution in [0.4, 0.5) is 10.1 Å². The van der Waals surface area contributed by atoms with Gasteiger partial charge < -0.3 is 15.4 Å². The van der Waals surface area contributed by atoms with Crippen LogP contribution in [0.25, 0.3) is 0 Å². The van der Waals surface area contributed by atoms with E-state index >= 15 is 0 Å². The number of aromatic nitrogens is 1. The molecule has 0 spiro atoms. The van der Waals surface area contributed by atoms with Gasteiger partial charge in [-0.3, -0.25) is 9.78 Å². The first-order valence-electron chi connectivity index (χ1n) is 11.3. The number of carbonyl (C=O) groups is 1. The predicted molar refractivity (Wildman–Crippen MR) is 127 cm³/mol. The highest BCUT2D eigenvalue weighted by Crippen LogP contribution is 2.29. The fourth-order valence-corrected chi connectivity index (χ4v) is 4.18. The van der Waals surface area contributed by atoms with E-state index in [1.807, 2.05) is 42.5 Å². The monoisotopic (exact) mass is 446 g/mol. The molecule has 0 aliphatic carbocycles. The average molecular weight is 447 g/mol. The number of nitrogens with one attached hydrogen (secondary N) is 2. The molecule has 3 aromatic rings. The molecule has 1 fully saturated rings. The maximum absolute atomic E-state index is 14.7. The van der Waals surface area contributed by atoms with Crippen LogP contribution in [0.2, 0.25) is 0 Å². The lowest BCUT2D eigenvalue weighted by Gasteiger charge is -2.28. The van der Waals surface area contributed by atoms with Crippen molar-refractivity contribution in [3.63, 3.8) is 0 Å². The molecule has 0 bridgehead atoms. The van der Waals surface area contributed by atoms with Gasteiger partial charge in [-0.05, 0) is 55.2 Å². The number of rotatable bonds is 8. The number of halogens is 1. The molecule has 1 amide bonds. The molecule has 1 radical (unpaired) electrons. The van der Waals surface area contributed by atoms with Gasteiger partial charge in [0.25, 0.3) is 0 Å². The van der Waals surface area contributed by atoms with E-state index in [0.29, 0.717) is 37.2 Å². The normalized spacial score (nSPS) is 19.1. The molecule has 2 heterocycles. The molecule has 1 saturated heterocycles. The van der Waals surface area contributed by atoms with E-state index in [2.05, 4.69) is 22.5 Å². The molecule has 2 aromatic carbocycles. The number of ether oxygens (including phenoxy) is 1. The summed E-state index contributed by atoms with van der Waals surface area (Å²) in [5.41, 5.74) is 3.08. The average Bonchev–Trinajstić information content (AvgIpc) is 2.84. The van der Waals surface area contributed by atoms with E-state index in [9.17, 15) is 9.18 Å². The number of carbonyl (C=O) groups excluding carboxylic acids is 1. The van der Waals surface area contributed by atoms with Gasteiger partial charge in [0.2, 0.25) is 5.91 Å². The van der Waals surface area contributed by atoms with Crippen molar-refractivity contribution in [2.24, 2.45) is 0 Å². The third kappa shape index (κ3) is 6.24. The molecule has 2 N–H and O–H groups in total. The minimum absolute atomic E-state index is 0.000286. The zero-order valence-corrected chi connectivity index (χ0v) is 18.5. The molecule has 1 aromatic heterocycles. The van der Waals surface area contributed by atoms with Gasteiger partial charge in [-0.25, -0.2) is 4.39 Å². The molecule has 0 saturated carbocycles. The van der Waals surface area contributed by atoms with E-state index in [4.69, 9.17) is 4.74 Å². The summed E-state index contributed by atoms with van der Waals surface area (Å²) in [4.78, 5) is 17.2. The van der Waals surface area contributed by atoms with Crippen LogP contribution >= 0.6 is 0 Å². The number of nitrogens with zero attached hydrogens (tertiary/aromatic N) is 1. The van der Waals surface area contributed by atoms with Gasteiger partial charge >= 0.3 is 0 Å². The van der Waals surface area contributed by atoms with Crippen molar-refractivity contribution < 1.29 is 13.9 Å². The highest BCUT2D eigenvalue weighted by molar-refractivity contribution is 5.92. The van der Waals surface area contributed by atoms with Gasteiger partial charge in [-0.2, -0.15) is 0 Å². The van der Waals surface area contributed by atoms with Crippen molar-refractivity contribution in [1.82, 2.24) is 10.3 Å². The summed E-state index contributed by atoms with van der Waals surface area (Å²) in [6.07, 6.45) is 4.83. The number of benzene rings is 2. The van der Waals surface area contributed by atoms with Gasteiger partial charge in [0.05, 0.1) is 12.7 Å². The van der Waals surface area contributed by atoms with Crippen LogP contribution < -0.4 is 10.6 Å². The van der Waals surface area contributed by atoms with E-state index in [1.54, 1.807) is 24.5 Å². The molecular weight excluding hydrogens is 417 g/mol. The Balaban J connectivity index is 1.46. The quantitative estimate of drug-likeness (QED) is 0.535. The molecule has 33 heavy (non-hydrogen) atoms. The number of anilines is 1. The smallest absolute Gasteiger partial charge is 0.225 e. The van der Waals surface area contributed by atoms with E-state index < -0.39 is 0 Å². The first kappa shape index (κ1) is 23.1. The van der Waals surface area contributed by atoms with Crippen LogP contribution in [0.5, 0.6) is 0 Å². The Morgan fingerprint density at radius 3 is 2.61 bits per heavy atom. The van der Waals surface area contributed by atoms with Crippen LogP contribution in [0.1, 0.15) is 35.4 Å². The lowest BCUT2D eigenvalue weighted by atomic mass is 9.89. The Morgan fingerprint density at radius 2 is 1.88 bits per heavy atom. The Bertz CT molecular complexity index is 998. The number of hydrogen-bond acceptors (Lipinski definition) is 4. The highest BCUT2D eigenvalue weighted by atomic mass is 19.1. The van der Waals surface area contributed by atoms with Gasteiger partial charge in [0, 0.05) is 48.6 Å². The summed E-state index contributed by atoms with van der Waals surface area (Å²) >= 11 is 0. The minimum atomic E-state index is -0.319. The predicted octanol–water partition coefficient (Wildman–Crippen LogP) is 4.51. The van der Waals surface area contributed by atoms with Gasteiger partial charge in [-0.15, -0.1) is 0 Å². The Labute approximate surface area is 194 Å². The van der Waals surface area contributed by atoms with Crippen molar-refractivity contribution in [1.29, 1.82) is 0 Å². The standard InChI is InChI=1S/C27H29FN3O2/c1-19-18-33-22(17-30-19)10-11-23-25(28)8-5-9-26(23)31-27(32)16-24(20-6-3-2-4-7-20)21-12-14-29-15-13-21/h2-9,12-15,19,22,24,30H,1,10-11,16-18H2,(H,31,32)/t19-,22+,24+/m0/s1. The van der Waals surface area contributed by atoms with Gasteiger partial charge in [0.1, 0.15) is 5.82 Å². The topological polar surface area (TPSA) is 63.2 Å². The van der Waals surface area contributed by atoms with Crippen LogP contribution in [0.15, 0.2) is 73.1 Å².